The van der Waals surface area contributed by atoms with E-state index in [1.807, 2.05) is 13.8 Å². The van der Waals surface area contributed by atoms with Crippen molar-refractivity contribution in [2.75, 3.05) is 24.7 Å². The number of aliphatic hydroxyl groups excluding tert-OH is 1. The Labute approximate surface area is 112 Å². The second-order valence-electron chi connectivity index (χ2n) is 5.54. The number of hydrogen-bond donors (Lipinski definition) is 1. The van der Waals surface area contributed by atoms with Gasteiger partial charge in [-0.2, -0.15) is 11.8 Å². The molecule has 0 aromatic rings. The third kappa shape index (κ3) is 3.47. The van der Waals surface area contributed by atoms with E-state index in [2.05, 4.69) is 0 Å². The van der Waals surface area contributed by atoms with E-state index < -0.39 is 5.79 Å². The minimum absolute atomic E-state index is 0.0373. The molecule has 1 N–H and O–H groups in total. The Kier molecular flexibility index (Phi) is 4.69. The lowest BCUT2D eigenvalue weighted by molar-refractivity contribution is -0.135. The first-order valence-corrected chi connectivity index (χ1v) is 7.70. The van der Waals surface area contributed by atoms with Crippen LogP contribution < -0.4 is 0 Å². The summed E-state index contributed by atoms with van der Waals surface area (Å²) in [6, 6.07) is 0. The maximum absolute atomic E-state index is 11.7. The van der Waals surface area contributed by atoms with Crippen LogP contribution in [0.4, 0.5) is 0 Å². The molecule has 5 heteroatoms. The fourth-order valence-electron chi connectivity index (χ4n) is 2.60. The van der Waals surface area contributed by atoms with Crippen molar-refractivity contribution < 1.29 is 19.4 Å². The number of carbonyl (C=O) groups excluding carboxylic acids is 1. The van der Waals surface area contributed by atoms with Gasteiger partial charge in [0.25, 0.3) is 0 Å². The number of carbonyl (C=O) groups is 1. The van der Waals surface area contributed by atoms with Crippen LogP contribution in [0.3, 0.4) is 0 Å². The van der Waals surface area contributed by atoms with Crippen LogP contribution >= 0.6 is 11.8 Å². The molecule has 1 aliphatic carbocycles. The topological polar surface area (TPSA) is 55.8 Å². The molecule has 2 rings (SSSR count). The maximum Gasteiger partial charge on any atom is 0.163 e. The van der Waals surface area contributed by atoms with Gasteiger partial charge in [-0.05, 0) is 26.2 Å². The highest BCUT2D eigenvalue weighted by molar-refractivity contribution is 7.99. The largest absolute Gasteiger partial charge is 0.396 e. The molecule has 1 saturated carbocycles. The van der Waals surface area contributed by atoms with Crippen molar-refractivity contribution >= 4 is 17.5 Å². The Morgan fingerprint density at radius 3 is 2.83 bits per heavy atom. The van der Waals surface area contributed by atoms with Crippen LogP contribution in [0.5, 0.6) is 0 Å². The molecule has 0 aromatic heterocycles. The van der Waals surface area contributed by atoms with Crippen molar-refractivity contribution in [3.05, 3.63) is 0 Å². The molecule has 1 saturated heterocycles. The van der Waals surface area contributed by atoms with E-state index in [1.165, 1.54) is 0 Å². The van der Waals surface area contributed by atoms with E-state index in [-0.39, 0.29) is 24.5 Å². The summed E-state index contributed by atoms with van der Waals surface area (Å²) in [5.74, 6) is 1.69. The second kappa shape index (κ2) is 5.90. The quantitative estimate of drug-likeness (QED) is 0.822. The highest BCUT2D eigenvalue weighted by Crippen LogP contribution is 2.32. The van der Waals surface area contributed by atoms with Crippen molar-refractivity contribution in [3.8, 4) is 0 Å². The van der Waals surface area contributed by atoms with Crippen molar-refractivity contribution in [2.24, 2.45) is 11.8 Å². The van der Waals surface area contributed by atoms with Crippen LogP contribution in [0.2, 0.25) is 0 Å². The zero-order chi connectivity index (χ0) is 13.2. The molecule has 4 nitrogen and oxygen atoms in total. The third-order valence-corrected chi connectivity index (χ3v) is 4.85. The van der Waals surface area contributed by atoms with Crippen LogP contribution in [0.25, 0.3) is 0 Å². The number of aliphatic hydroxyl groups is 1. The summed E-state index contributed by atoms with van der Waals surface area (Å²) in [6.45, 7) is 4.59. The number of thioether (sulfide) groups is 1. The minimum Gasteiger partial charge on any atom is -0.396 e. The fourth-order valence-corrected chi connectivity index (χ4v) is 3.87. The first kappa shape index (κ1) is 14.3. The zero-order valence-corrected chi connectivity index (χ0v) is 11.9. The average Bonchev–Trinajstić information content (AvgIpc) is 2.83. The Morgan fingerprint density at radius 1 is 1.44 bits per heavy atom. The minimum atomic E-state index is -0.470. The van der Waals surface area contributed by atoms with Gasteiger partial charge in [0.1, 0.15) is 5.78 Å². The molecule has 1 heterocycles. The highest BCUT2D eigenvalue weighted by atomic mass is 32.2. The number of hydrogen-bond acceptors (Lipinski definition) is 5. The van der Waals surface area contributed by atoms with Gasteiger partial charge in [-0.15, -0.1) is 0 Å². The lowest BCUT2D eigenvalue weighted by atomic mass is 9.99. The maximum atomic E-state index is 11.7. The fraction of sp³-hybridized carbons (Fsp3) is 0.923. The van der Waals surface area contributed by atoms with Gasteiger partial charge >= 0.3 is 0 Å². The van der Waals surface area contributed by atoms with Gasteiger partial charge in [-0.25, -0.2) is 0 Å². The van der Waals surface area contributed by atoms with E-state index in [1.54, 1.807) is 11.8 Å². The van der Waals surface area contributed by atoms with Gasteiger partial charge in [0.05, 0.1) is 12.7 Å². The van der Waals surface area contributed by atoms with Crippen molar-refractivity contribution in [1.29, 1.82) is 0 Å². The third-order valence-electron chi connectivity index (χ3n) is 3.65. The number of Topliss-reactive ketones (excluding diaryl/α,β-unsaturated/α-hetero) is 1. The van der Waals surface area contributed by atoms with Crippen molar-refractivity contribution in [1.82, 2.24) is 0 Å². The molecule has 18 heavy (non-hydrogen) atoms. The first-order valence-electron chi connectivity index (χ1n) is 6.55. The molecule has 0 bridgehead atoms. The molecule has 0 spiro atoms. The Bertz CT molecular complexity index is 305. The van der Waals surface area contributed by atoms with E-state index >= 15 is 0 Å². The lowest BCUT2D eigenvalue weighted by Crippen LogP contribution is -2.24. The standard InChI is InChI=1S/C13H22O4S/c1-13(2)16-6-10(17-13)7-18-8-11-9(5-14)3-4-12(11)15/h9-11,14H,3-8H2,1-2H3/t9-,10?,11-/m1/s1. The van der Waals surface area contributed by atoms with Crippen LogP contribution in [-0.2, 0) is 14.3 Å². The van der Waals surface area contributed by atoms with E-state index in [9.17, 15) is 9.90 Å². The second-order valence-corrected chi connectivity index (χ2v) is 6.62. The van der Waals surface area contributed by atoms with Crippen LogP contribution in [0.15, 0.2) is 0 Å². The Hall–Kier alpha value is -0.100. The number of ether oxygens (including phenoxy) is 2. The molecule has 3 atom stereocenters. The zero-order valence-electron chi connectivity index (χ0n) is 11.1. The predicted octanol–water partition coefficient (Wildman–Crippen LogP) is 1.46. The summed E-state index contributed by atoms with van der Waals surface area (Å²) in [7, 11) is 0. The molecule has 0 radical (unpaired) electrons. The molecule has 1 aliphatic heterocycles. The summed E-state index contributed by atoms with van der Waals surface area (Å²) < 4.78 is 11.2. The smallest absolute Gasteiger partial charge is 0.163 e. The lowest BCUT2D eigenvalue weighted by Gasteiger charge is -2.18. The van der Waals surface area contributed by atoms with Gasteiger partial charge in [0.15, 0.2) is 5.79 Å². The molecule has 2 aliphatic rings. The first-order chi connectivity index (χ1) is 8.52. The van der Waals surface area contributed by atoms with E-state index in [0.717, 1.165) is 17.9 Å². The van der Waals surface area contributed by atoms with Crippen molar-refractivity contribution in [2.45, 2.75) is 38.6 Å². The van der Waals surface area contributed by atoms with Gasteiger partial charge in [0, 0.05) is 30.5 Å². The summed E-state index contributed by atoms with van der Waals surface area (Å²) >= 11 is 1.73. The van der Waals surface area contributed by atoms with E-state index in [0.29, 0.717) is 18.8 Å². The van der Waals surface area contributed by atoms with Gasteiger partial charge in [-0.3, -0.25) is 4.79 Å². The molecule has 104 valence electrons. The SMILES string of the molecule is CC1(C)OCC(CSC[C@H]2C(=O)CC[C@@H]2CO)O1. The molecule has 0 amide bonds. The highest BCUT2D eigenvalue weighted by Gasteiger charge is 2.35. The van der Waals surface area contributed by atoms with E-state index in [4.69, 9.17) is 9.47 Å². The van der Waals surface area contributed by atoms with Crippen molar-refractivity contribution in [3.63, 3.8) is 0 Å². The van der Waals surface area contributed by atoms with Crippen LogP contribution in [-0.4, -0.2) is 47.5 Å². The Balaban J connectivity index is 1.70. The average molecular weight is 274 g/mol. The monoisotopic (exact) mass is 274 g/mol. The molecule has 1 unspecified atom stereocenters. The number of rotatable bonds is 5. The summed E-state index contributed by atoms with van der Waals surface area (Å²) in [5, 5.41) is 9.23. The van der Waals surface area contributed by atoms with Gasteiger partial charge < -0.3 is 14.6 Å². The summed E-state index contributed by atoms with van der Waals surface area (Å²) in [6.07, 6.45) is 1.59. The van der Waals surface area contributed by atoms with Gasteiger partial charge in [-0.1, -0.05) is 0 Å². The Morgan fingerprint density at radius 2 is 2.22 bits per heavy atom. The normalized spacial score (nSPS) is 35.3. The van der Waals surface area contributed by atoms with Crippen LogP contribution in [0, 0.1) is 11.8 Å². The van der Waals surface area contributed by atoms with Gasteiger partial charge in [0.2, 0.25) is 0 Å². The summed E-state index contributed by atoms with van der Waals surface area (Å²) in [5.41, 5.74) is 0. The predicted molar refractivity (Wildman–Crippen MR) is 70.5 cm³/mol. The number of ketones is 1. The molecular weight excluding hydrogens is 252 g/mol. The van der Waals surface area contributed by atoms with Crippen LogP contribution in [0.1, 0.15) is 26.7 Å². The molecule has 2 fully saturated rings. The molecule has 0 aromatic carbocycles. The summed E-state index contributed by atoms with van der Waals surface area (Å²) in [4.78, 5) is 11.7. The molecular formula is C13H22O4S.